The summed E-state index contributed by atoms with van der Waals surface area (Å²) in [5.41, 5.74) is 0.329. The molecule has 4 aliphatic carbocycles. The molecule has 1 aromatic heterocycles. The first-order valence-electron chi connectivity index (χ1n) is 11.7. The number of rotatable bonds is 3. The smallest absolute Gasteiger partial charge is 0.362 e. The Hall–Kier alpha value is -2.22. The molecule has 5 aliphatic rings. The third-order valence-corrected chi connectivity index (χ3v) is 8.49. The number of carbonyl (C=O) groups excluding carboxylic acids is 1. The second-order valence-corrected chi connectivity index (χ2v) is 10.9. The maximum atomic E-state index is 14.0. The molecule has 0 unspecified atom stereocenters. The largest absolute Gasteiger partial charge is 0.410 e. The van der Waals surface area contributed by atoms with E-state index in [1.54, 1.807) is 24.3 Å². The van der Waals surface area contributed by atoms with Crippen LogP contribution in [0.2, 0.25) is 5.02 Å². The molecule has 4 bridgehead atoms. The van der Waals surface area contributed by atoms with E-state index in [1.165, 1.54) is 19.3 Å². The average molecular weight is 479 g/mol. The van der Waals surface area contributed by atoms with E-state index >= 15 is 0 Å². The van der Waals surface area contributed by atoms with Gasteiger partial charge in [0.05, 0.1) is 6.04 Å². The third kappa shape index (κ3) is 3.61. The van der Waals surface area contributed by atoms with Crippen LogP contribution in [-0.2, 0) is 0 Å². The molecule has 7 rings (SSSR count). The number of fused-ring (bicyclic) bond motifs is 1. The molecular formula is C24H26ClF3N4O. The fourth-order valence-corrected chi connectivity index (χ4v) is 7.47. The first kappa shape index (κ1) is 21.3. The number of nitrogens with zero attached hydrogens (tertiary/aromatic N) is 2. The highest BCUT2D eigenvalue weighted by atomic mass is 35.5. The molecule has 9 heteroatoms. The molecule has 2 heterocycles. The molecule has 4 saturated carbocycles. The monoisotopic (exact) mass is 478 g/mol. The Morgan fingerprint density at radius 1 is 1.06 bits per heavy atom. The van der Waals surface area contributed by atoms with Crippen molar-refractivity contribution in [2.75, 3.05) is 5.32 Å². The van der Waals surface area contributed by atoms with E-state index in [0.29, 0.717) is 17.8 Å². The van der Waals surface area contributed by atoms with Crippen LogP contribution in [0, 0.1) is 17.8 Å². The molecule has 0 spiro atoms. The van der Waals surface area contributed by atoms with Crippen LogP contribution in [0.1, 0.15) is 73.1 Å². The quantitative estimate of drug-likeness (QED) is 0.577. The van der Waals surface area contributed by atoms with E-state index < -0.39 is 24.2 Å². The van der Waals surface area contributed by atoms with E-state index in [9.17, 15) is 18.0 Å². The zero-order chi connectivity index (χ0) is 23.0. The summed E-state index contributed by atoms with van der Waals surface area (Å²) in [5, 5.41) is 10.4. The standard InChI is InChI=1S/C24H26ClF3N4O/c25-19-20(22(33)30-23-10-13-6-14(11-23)8-15(7-13)12-23)31-32-18(24(26,27)28)9-17(29-21(19)32)16-4-2-1-3-5-16/h1-5,13-15,17-18,29H,6-12H2,(H,30,33)/t13?,14?,15?,17-,18-,23?/m0/s1. The molecule has 1 aliphatic heterocycles. The third-order valence-electron chi connectivity index (χ3n) is 8.13. The van der Waals surface area contributed by atoms with Crippen LogP contribution < -0.4 is 10.6 Å². The summed E-state index contributed by atoms with van der Waals surface area (Å²) < 4.78 is 42.9. The minimum absolute atomic E-state index is 0.0490. The van der Waals surface area contributed by atoms with Gasteiger partial charge >= 0.3 is 6.18 Å². The summed E-state index contributed by atoms with van der Waals surface area (Å²) >= 11 is 6.52. The maximum absolute atomic E-state index is 14.0. The second-order valence-electron chi connectivity index (χ2n) is 10.5. The molecule has 2 atom stereocenters. The lowest BCUT2D eigenvalue weighted by Crippen LogP contribution is -2.59. The number of benzene rings is 1. The molecule has 2 aromatic rings. The molecule has 5 nitrogen and oxygen atoms in total. The van der Waals surface area contributed by atoms with Gasteiger partial charge in [-0.25, -0.2) is 4.68 Å². The van der Waals surface area contributed by atoms with Crippen LogP contribution in [0.25, 0.3) is 0 Å². The van der Waals surface area contributed by atoms with Gasteiger partial charge in [-0.05, 0) is 61.8 Å². The maximum Gasteiger partial charge on any atom is 0.410 e. The van der Waals surface area contributed by atoms with Crippen molar-refractivity contribution >= 4 is 23.3 Å². The summed E-state index contributed by atoms with van der Waals surface area (Å²) in [6.45, 7) is 0. The number of anilines is 1. The molecule has 176 valence electrons. The Balaban J connectivity index is 1.32. The van der Waals surface area contributed by atoms with Crippen LogP contribution in [0.3, 0.4) is 0 Å². The zero-order valence-electron chi connectivity index (χ0n) is 18.0. The van der Waals surface area contributed by atoms with Crippen LogP contribution in [0.15, 0.2) is 30.3 Å². The van der Waals surface area contributed by atoms with Crippen molar-refractivity contribution < 1.29 is 18.0 Å². The predicted octanol–water partition coefficient (Wildman–Crippen LogP) is 5.90. The summed E-state index contributed by atoms with van der Waals surface area (Å²) in [5.74, 6) is 1.47. The number of aromatic nitrogens is 2. The van der Waals surface area contributed by atoms with Gasteiger partial charge in [0, 0.05) is 12.0 Å². The van der Waals surface area contributed by atoms with Crippen molar-refractivity contribution in [2.24, 2.45) is 17.8 Å². The van der Waals surface area contributed by atoms with Crippen LogP contribution in [0.4, 0.5) is 19.0 Å². The summed E-state index contributed by atoms with van der Waals surface area (Å²) in [7, 11) is 0. The van der Waals surface area contributed by atoms with Crippen molar-refractivity contribution in [3.8, 4) is 0 Å². The van der Waals surface area contributed by atoms with Crippen LogP contribution in [0.5, 0.6) is 0 Å². The van der Waals surface area contributed by atoms with E-state index in [2.05, 4.69) is 15.7 Å². The number of nitrogens with one attached hydrogen (secondary N) is 2. The van der Waals surface area contributed by atoms with Gasteiger partial charge in [0.1, 0.15) is 10.8 Å². The Morgan fingerprint density at radius 2 is 1.67 bits per heavy atom. The molecule has 1 aromatic carbocycles. The lowest BCUT2D eigenvalue weighted by molar-refractivity contribution is -0.173. The van der Waals surface area contributed by atoms with E-state index in [-0.39, 0.29) is 28.5 Å². The van der Waals surface area contributed by atoms with Crippen molar-refractivity contribution in [3.05, 3.63) is 46.6 Å². The van der Waals surface area contributed by atoms with Gasteiger partial charge in [0.25, 0.3) is 5.91 Å². The SMILES string of the molecule is O=C(NC12CC3CC(CC(C3)C1)C2)c1nn2c(c1Cl)N[C@H](c1ccccc1)C[C@H]2C(F)(F)F. The van der Waals surface area contributed by atoms with Gasteiger partial charge < -0.3 is 10.6 Å². The van der Waals surface area contributed by atoms with Crippen molar-refractivity contribution in [1.82, 2.24) is 15.1 Å². The summed E-state index contributed by atoms with van der Waals surface area (Å²) in [4.78, 5) is 13.3. The number of halogens is 4. The molecule has 0 radical (unpaired) electrons. The molecule has 33 heavy (non-hydrogen) atoms. The number of carbonyl (C=O) groups is 1. The Kier molecular flexibility index (Phi) is 4.77. The molecule has 1 amide bonds. The van der Waals surface area contributed by atoms with Gasteiger partial charge in [-0.15, -0.1) is 0 Å². The van der Waals surface area contributed by atoms with E-state index in [1.807, 2.05) is 6.07 Å². The van der Waals surface area contributed by atoms with Gasteiger partial charge in [0.2, 0.25) is 0 Å². The second kappa shape index (κ2) is 7.39. The summed E-state index contributed by atoms with van der Waals surface area (Å²) in [6, 6.07) is 6.51. The fourth-order valence-electron chi connectivity index (χ4n) is 7.20. The van der Waals surface area contributed by atoms with E-state index in [0.717, 1.165) is 29.5 Å². The molecular weight excluding hydrogens is 453 g/mol. The highest BCUT2D eigenvalue weighted by Crippen LogP contribution is 2.56. The molecule has 2 N–H and O–H groups in total. The predicted molar refractivity (Wildman–Crippen MR) is 118 cm³/mol. The highest BCUT2D eigenvalue weighted by Gasteiger charge is 2.52. The summed E-state index contributed by atoms with van der Waals surface area (Å²) in [6.07, 6.45) is 1.76. The lowest BCUT2D eigenvalue weighted by Gasteiger charge is -2.56. The van der Waals surface area contributed by atoms with Gasteiger partial charge in [-0.2, -0.15) is 18.3 Å². The minimum atomic E-state index is -4.52. The van der Waals surface area contributed by atoms with E-state index in [4.69, 9.17) is 11.6 Å². The van der Waals surface area contributed by atoms with Crippen LogP contribution in [-0.4, -0.2) is 27.4 Å². The first-order chi connectivity index (χ1) is 15.7. The average Bonchev–Trinajstić information content (AvgIpc) is 3.08. The number of hydrogen-bond donors (Lipinski definition) is 2. The van der Waals surface area contributed by atoms with Crippen molar-refractivity contribution in [3.63, 3.8) is 0 Å². The van der Waals surface area contributed by atoms with Gasteiger partial charge in [-0.3, -0.25) is 4.79 Å². The van der Waals surface area contributed by atoms with Crippen molar-refractivity contribution in [2.45, 2.75) is 68.7 Å². The highest BCUT2D eigenvalue weighted by molar-refractivity contribution is 6.36. The number of hydrogen-bond acceptors (Lipinski definition) is 3. The molecule has 0 saturated heterocycles. The Morgan fingerprint density at radius 3 is 2.24 bits per heavy atom. The fraction of sp³-hybridized carbons (Fsp3) is 0.583. The number of alkyl halides is 3. The number of amides is 1. The first-order valence-corrected chi connectivity index (χ1v) is 12.1. The molecule has 4 fully saturated rings. The van der Waals surface area contributed by atoms with Crippen molar-refractivity contribution in [1.29, 1.82) is 0 Å². The van der Waals surface area contributed by atoms with Crippen LogP contribution >= 0.6 is 11.6 Å². The normalized spacial score (nSPS) is 34.6. The van der Waals surface area contributed by atoms with Gasteiger partial charge in [0.15, 0.2) is 11.7 Å². The Bertz CT molecular complexity index is 1050. The Labute approximate surface area is 195 Å². The zero-order valence-corrected chi connectivity index (χ0v) is 18.8. The van der Waals surface area contributed by atoms with Gasteiger partial charge in [-0.1, -0.05) is 41.9 Å². The topological polar surface area (TPSA) is 59.0 Å². The minimum Gasteiger partial charge on any atom is -0.362 e. The lowest BCUT2D eigenvalue weighted by atomic mass is 9.53.